The van der Waals surface area contributed by atoms with Gasteiger partial charge in [0, 0.05) is 30.5 Å². The summed E-state index contributed by atoms with van der Waals surface area (Å²) in [6, 6.07) is 7.16. The fraction of sp³-hybridized carbons (Fsp3) is 0.296. The molecule has 0 unspecified atom stereocenters. The van der Waals surface area contributed by atoms with Crippen LogP contribution in [0.5, 0.6) is 0 Å². The number of benzene rings is 2. The molecular weight excluding hydrogens is 514 g/mol. The van der Waals surface area contributed by atoms with Crippen LogP contribution < -0.4 is 0 Å². The number of hydrogen-bond acceptors (Lipinski definition) is 6. The maximum atomic E-state index is 13.7. The molecule has 0 atom stereocenters. The number of carbonyl (C=O) groups excluding carboxylic acids is 1. The van der Waals surface area contributed by atoms with Crippen molar-refractivity contribution in [2.24, 2.45) is 0 Å². The van der Waals surface area contributed by atoms with Gasteiger partial charge < -0.3 is 4.43 Å². The van der Waals surface area contributed by atoms with Crippen LogP contribution in [0.2, 0.25) is 19.6 Å². The SMILES string of the molecule is C=CC(=C)O[Si](C)(C)C.C=Cc1ccc([N+](=O)[O-])cc1F.O=C1CCC(c2ccc([N+](=O)[O-])cc2F)CC1. The quantitative estimate of drug-likeness (QED) is 0.115. The van der Waals surface area contributed by atoms with E-state index in [-0.39, 0.29) is 28.6 Å². The van der Waals surface area contributed by atoms with Gasteiger partial charge in [-0.15, -0.1) is 0 Å². The number of rotatable bonds is 7. The van der Waals surface area contributed by atoms with E-state index in [1.54, 1.807) is 6.08 Å². The number of nitrogens with zero attached hydrogens (tertiary/aromatic N) is 2. The molecule has 2 aromatic rings. The lowest BCUT2D eigenvalue weighted by Crippen LogP contribution is -2.23. The van der Waals surface area contributed by atoms with Crippen molar-refractivity contribution in [1.82, 2.24) is 0 Å². The zero-order chi connectivity index (χ0) is 29.0. The Morgan fingerprint density at radius 3 is 1.84 bits per heavy atom. The number of carbonyl (C=O) groups is 1. The molecule has 3 rings (SSSR count). The lowest BCUT2D eigenvalue weighted by Gasteiger charge is -2.21. The predicted molar refractivity (Wildman–Crippen MR) is 146 cm³/mol. The van der Waals surface area contributed by atoms with Gasteiger partial charge in [-0.05, 0) is 62.2 Å². The highest BCUT2D eigenvalue weighted by atomic mass is 28.4. The number of halogens is 2. The number of non-ortho nitro benzene ring substituents is 2. The molecule has 204 valence electrons. The Hall–Kier alpha value is -3.99. The van der Waals surface area contributed by atoms with Gasteiger partial charge in [0.15, 0.2) is 0 Å². The van der Waals surface area contributed by atoms with Crippen LogP contribution in [-0.2, 0) is 9.22 Å². The lowest BCUT2D eigenvalue weighted by molar-refractivity contribution is -0.385. The van der Waals surface area contributed by atoms with Crippen molar-refractivity contribution < 1.29 is 27.8 Å². The molecule has 0 aromatic heterocycles. The van der Waals surface area contributed by atoms with Gasteiger partial charge in [-0.25, -0.2) is 8.78 Å². The topological polar surface area (TPSA) is 113 Å². The smallest absolute Gasteiger partial charge is 0.272 e. The molecule has 38 heavy (non-hydrogen) atoms. The van der Waals surface area contributed by atoms with Crippen molar-refractivity contribution in [1.29, 1.82) is 0 Å². The first-order chi connectivity index (χ1) is 17.7. The van der Waals surface area contributed by atoms with Crippen molar-refractivity contribution in [3.05, 3.63) is 111 Å². The second-order valence-corrected chi connectivity index (χ2v) is 13.8. The maximum Gasteiger partial charge on any atom is 0.272 e. The lowest BCUT2D eigenvalue weighted by atomic mass is 9.83. The molecule has 0 spiro atoms. The third-order valence-electron chi connectivity index (χ3n) is 5.26. The Balaban J connectivity index is 0.000000303. The molecular formula is C27H32F2N2O6Si. The molecule has 1 fully saturated rings. The summed E-state index contributed by atoms with van der Waals surface area (Å²) in [7, 11) is -1.41. The van der Waals surface area contributed by atoms with Gasteiger partial charge >= 0.3 is 0 Å². The molecule has 1 aliphatic carbocycles. The number of nitro benzene ring substituents is 2. The van der Waals surface area contributed by atoms with Gasteiger partial charge in [-0.3, -0.25) is 25.0 Å². The van der Waals surface area contributed by atoms with Gasteiger partial charge in [0.1, 0.15) is 17.4 Å². The van der Waals surface area contributed by atoms with Crippen LogP contribution in [0.4, 0.5) is 20.2 Å². The predicted octanol–water partition coefficient (Wildman–Crippen LogP) is 7.88. The minimum absolute atomic E-state index is 0.00787. The molecule has 0 amide bonds. The monoisotopic (exact) mass is 546 g/mol. The molecule has 2 aromatic carbocycles. The number of nitro groups is 2. The molecule has 1 aliphatic rings. The number of ketones is 1. The van der Waals surface area contributed by atoms with Crippen molar-refractivity contribution in [3.63, 3.8) is 0 Å². The Morgan fingerprint density at radius 2 is 1.47 bits per heavy atom. The summed E-state index contributed by atoms with van der Waals surface area (Å²) in [6.07, 6.45) is 5.15. The molecule has 0 aliphatic heterocycles. The summed E-state index contributed by atoms with van der Waals surface area (Å²) in [5.41, 5.74) is 0.264. The first-order valence-corrected chi connectivity index (χ1v) is 15.1. The summed E-state index contributed by atoms with van der Waals surface area (Å²) in [6.45, 7) is 16.9. The molecule has 0 saturated heterocycles. The number of hydrogen-bond donors (Lipinski definition) is 0. The zero-order valence-electron chi connectivity index (χ0n) is 21.7. The van der Waals surface area contributed by atoms with Crippen LogP contribution in [0.3, 0.4) is 0 Å². The van der Waals surface area contributed by atoms with E-state index in [2.05, 4.69) is 39.4 Å². The normalized spacial score (nSPS) is 13.1. The van der Waals surface area contributed by atoms with E-state index in [1.807, 2.05) is 0 Å². The van der Waals surface area contributed by atoms with Crippen LogP contribution in [-0.4, -0.2) is 23.9 Å². The Kier molecular flexibility index (Phi) is 12.4. The summed E-state index contributed by atoms with van der Waals surface area (Å²) in [5, 5.41) is 20.6. The van der Waals surface area contributed by atoms with Crippen LogP contribution in [0, 0.1) is 31.9 Å². The highest BCUT2D eigenvalue weighted by molar-refractivity contribution is 6.70. The van der Waals surface area contributed by atoms with Crippen LogP contribution >= 0.6 is 0 Å². The summed E-state index contributed by atoms with van der Waals surface area (Å²) < 4.78 is 32.0. The van der Waals surface area contributed by atoms with Crippen LogP contribution in [0.1, 0.15) is 42.7 Å². The van der Waals surface area contributed by atoms with Gasteiger partial charge in [0.25, 0.3) is 11.4 Å². The van der Waals surface area contributed by atoms with Crippen molar-refractivity contribution >= 4 is 31.6 Å². The molecule has 1 saturated carbocycles. The van der Waals surface area contributed by atoms with E-state index >= 15 is 0 Å². The molecule has 0 heterocycles. The average Bonchev–Trinajstić information content (AvgIpc) is 2.84. The first kappa shape index (κ1) is 32.0. The van der Waals surface area contributed by atoms with E-state index in [0.717, 1.165) is 12.1 Å². The van der Waals surface area contributed by atoms with E-state index in [1.165, 1.54) is 30.3 Å². The maximum absolute atomic E-state index is 13.7. The number of Topliss-reactive ketones (excluding diaryl/α,β-unsaturated/α-hetero) is 1. The highest BCUT2D eigenvalue weighted by Crippen LogP contribution is 2.33. The minimum Gasteiger partial charge on any atom is -0.545 e. The molecule has 11 heteroatoms. The van der Waals surface area contributed by atoms with E-state index in [4.69, 9.17) is 4.43 Å². The first-order valence-electron chi connectivity index (χ1n) is 11.7. The van der Waals surface area contributed by atoms with Crippen molar-refractivity contribution in [3.8, 4) is 0 Å². The van der Waals surface area contributed by atoms with Gasteiger partial charge in [-0.1, -0.05) is 25.8 Å². The van der Waals surface area contributed by atoms with E-state index in [9.17, 15) is 33.8 Å². The fourth-order valence-corrected chi connectivity index (χ4v) is 4.31. The average molecular weight is 547 g/mol. The Morgan fingerprint density at radius 1 is 0.974 bits per heavy atom. The van der Waals surface area contributed by atoms with Gasteiger partial charge in [0.2, 0.25) is 8.32 Å². The zero-order valence-corrected chi connectivity index (χ0v) is 22.7. The second kappa shape index (κ2) is 14.7. The molecule has 0 N–H and O–H groups in total. The van der Waals surface area contributed by atoms with Crippen LogP contribution in [0.15, 0.2) is 68.0 Å². The van der Waals surface area contributed by atoms with E-state index in [0.29, 0.717) is 37.0 Å². The Labute approximate surface area is 221 Å². The number of allylic oxidation sites excluding steroid dienone is 1. The third kappa shape index (κ3) is 11.0. The largest absolute Gasteiger partial charge is 0.545 e. The third-order valence-corrected chi connectivity index (χ3v) is 6.13. The van der Waals surface area contributed by atoms with Crippen molar-refractivity contribution in [2.75, 3.05) is 0 Å². The molecule has 0 radical (unpaired) electrons. The minimum atomic E-state index is -1.41. The standard InChI is InChI=1S/C12H12FNO3.C8H6FNO2.C7H14OSi/c13-12-7-9(14(16)17)3-6-11(12)8-1-4-10(15)5-2-8;1-2-6-3-4-7(10(11)12)5-8(6)9;1-6-7(2)8-9(3,4)5/h3,6-8H,1-2,4-5H2;2-5H,1H2;6H,1-2H2,3-5H3. The Bertz CT molecular complexity index is 1200. The fourth-order valence-electron chi connectivity index (χ4n) is 3.44. The van der Waals surface area contributed by atoms with Crippen molar-refractivity contribution in [2.45, 2.75) is 51.2 Å². The van der Waals surface area contributed by atoms with Gasteiger partial charge in [0.05, 0.1) is 27.7 Å². The summed E-state index contributed by atoms with van der Waals surface area (Å²) in [4.78, 5) is 30.5. The second-order valence-electron chi connectivity index (χ2n) is 9.33. The molecule has 8 nitrogen and oxygen atoms in total. The van der Waals surface area contributed by atoms with E-state index < -0.39 is 29.8 Å². The van der Waals surface area contributed by atoms with Crippen LogP contribution in [0.25, 0.3) is 6.08 Å². The molecule has 0 bridgehead atoms. The van der Waals surface area contributed by atoms with Gasteiger partial charge in [-0.2, -0.15) is 0 Å². The highest BCUT2D eigenvalue weighted by Gasteiger charge is 2.23. The summed E-state index contributed by atoms with van der Waals surface area (Å²) in [5.74, 6) is -0.260. The summed E-state index contributed by atoms with van der Waals surface area (Å²) >= 11 is 0.